The lowest BCUT2D eigenvalue weighted by molar-refractivity contribution is -0.142. The summed E-state index contributed by atoms with van der Waals surface area (Å²) < 4.78 is 63.6. The number of nitrogens with one attached hydrogen (secondary N) is 1. The topological polar surface area (TPSA) is 64.0 Å². The van der Waals surface area contributed by atoms with Gasteiger partial charge in [0.2, 0.25) is 10.0 Å². The largest absolute Gasteiger partial charge is 0.408 e. The number of allylic oxidation sites excluding steroid dienone is 1. The summed E-state index contributed by atoms with van der Waals surface area (Å²) in [5.74, 6) is 0. The Bertz CT molecular complexity index is 635. The maximum absolute atomic E-state index is 12.2. The zero-order valence-corrected chi connectivity index (χ0v) is 12.8. The molecule has 0 fully saturated rings. The molecule has 2 rings (SSSR count). The molecule has 0 aliphatic heterocycles. The van der Waals surface area contributed by atoms with Crippen molar-refractivity contribution in [2.75, 3.05) is 6.54 Å². The van der Waals surface area contributed by atoms with Crippen LogP contribution in [0.1, 0.15) is 32.1 Å². The number of alkyl halides is 3. The van der Waals surface area contributed by atoms with Gasteiger partial charge in [0, 0.05) is 12.7 Å². The standard InChI is InChI=1S/C13H18F3N3O2S/c14-13(15,16)10-19-9-12(8-17-19)22(20,21)18-7-6-11-4-2-1-3-5-11/h4,8-9,18H,1-3,5-7,10H2. The molecule has 0 unspecified atom stereocenters. The third-order valence-corrected chi connectivity index (χ3v) is 4.80. The molecule has 1 aromatic heterocycles. The summed E-state index contributed by atoms with van der Waals surface area (Å²) in [5, 5.41) is 3.43. The lowest BCUT2D eigenvalue weighted by Gasteiger charge is -2.12. The van der Waals surface area contributed by atoms with Crippen molar-refractivity contribution in [1.29, 1.82) is 0 Å². The van der Waals surface area contributed by atoms with Gasteiger partial charge in [-0.05, 0) is 32.1 Å². The Hall–Kier alpha value is -1.35. The fourth-order valence-corrected chi connectivity index (χ4v) is 3.30. The van der Waals surface area contributed by atoms with Crippen LogP contribution in [0.25, 0.3) is 0 Å². The molecule has 0 atom stereocenters. The third-order valence-electron chi connectivity index (χ3n) is 3.38. The number of rotatable bonds is 6. The number of sulfonamides is 1. The molecule has 1 aromatic rings. The summed E-state index contributed by atoms with van der Waals surface area (Å²) in [7, 11) is -3.82. The van der Waals surface area contributed by atoms with E-state index in [1.54, 1.807) is 0 Å². The van der Waals surface area contributed by atoms with Crippen molar-refractivity contribution in [2.24, 2.45) is 0 Å². The number of nitrogens with zero attached hydrogens (tertiary/aromatic N) is 2. The van der Waals surface area contributed by atoms with Gasteiger partial charge in [-0.2, -0.15) is 18.3 Å². The first-order valence-electron chi connectivity index (χ1n) is 7.03. The highest BCUT2D eigenvalue weighted by molar-refractivity contribution is 7.89. The second-order valence-corrected chi connectivity index (χ2v) is 7.01. The number of hydrogen-bond donors (Lipinski definition) is 1. The fraction of sp³-hybridized carbons (Fsp3) is 0.615. The smallest absolute Gasteiger partial charge is 0.262 e. The van der Waals surface area contributed by atoms with Gasteiger partial charge in [0.25, 0.3) is 0 Å². The first kappa shape index (κ1) is 17.0. The van der Waals surface area contributed by atoms with Crippen molar-refractivity contribution in [3.05, 3.63) is 24.0 Å². The van der Waals surface area contributed by atoms with Crippen LogP contribution in [0, 0.1) is 0 Å². The van der Waals surface area contributed by atoms with E-state index in [9.17, 15) is 21.6 Å². The zero-order chi connectivity index (χ0) is 16.2. The van der Waals surface area contributed by atoms with Crippen LogP contribution in [-0.2, 0) is 16.6 Å². The van der Waals surface area contributed by atoms with E-state index >= 15 is 0 Å². The van der Waals surface area contributed by atoms with E-state index in [-0.39, 0.29) is 11.4 Å². The van der Waals surface area contributed by atoms with Crippen LogP contribution >= 0.6 is 0 Å². The third kappa shape index (κ3) is 5.13. The van der Waals surface area contributed by atoms with Crippen LogP contribution in [-0.4, -0.2) is 30.9 Å². The molecule has 1 aliphatic rings. The van der Waals surface area contributed by atoms with Crippen LogP contribution in [0.15, 0.2) is 28.9 Å². The molecule has 9 heteroatoms. The molecule has 1 aliphatic carbocycles. The van der Waals surface area contributed by atoms with Crippen molar-refractivity contribution < 1.29 is 21.6 Å². The van der Waals surface area contributed by atoms with Crippen LogP contribution in [0.2, 0.25) is 0 Å². The van der Waals surface area contributed by atoms with Crippen LogP contribution in [0.5, 0.6) is 0 Å². The summed E-state index contributed by atoms with van der Waals surface area (Å²) in [6.07, 6.45) is 4.39. The van der Waals surface area contributed by atoms with Gasteiger partial charge in [0.1, 0.15) is 11.4 Å². The van der Waals surface area contributed by atoms with Gasteiger partial charge in [-0.1, -0.05) is 11.6 Å². The Morgan fingerprint density at radius 1 is 1.32 bits per heavy atom. The van der Waals surface area contributed by atoms with Gasteiger partial charge in [0.05, 0.1) is 6.20 Å². The molecular formula is C13H18F3N3O2S. The summed E-state index contributed by atoms with van der Waals surface area (Å²) in [6.45, 7) is -1.08. The Morgan fingerprint density at radius 3 is 2.73 bits per heavy atom. The highest BCUT2D eigenvalue weighted by Gasteiger charge is 2.29. The van der Waals surface area contributed by atoms with Gasteiger partial charge in [-0.25, -0.2) is 13.1 Å². The van der Waals surface area contributed by atoms with E-state index in [4.69, 9.17) is 0 Å². The molecule has 1 N–H and O–H groups in total. The minimum absolute atomic E-state index is 0.235. The molecule has 124 valence electrons. The van der Waals surface area contributed by atoms with Crippen molar-refractivity contribution in [2.45, 2.75) is 49.7 Å². The van der Waals surface area contributed by atoms with Gasteiger partial charge in [-0.15, -0.1) is 0 Å². The highest BCUT2D eigenvalue weighted by atomic mass is 32.2. The average Bonchev–Trinajstić information content (AvgIpc) is 2.87. The summed E-state index contributed by atoms with van der Waals surface area (Å²) >= 11 is 0. The van der Waals surface area contributed by atoms with Gasteiger partial charge in [-0.3, -0.25) is 4.68 Å². The molecular weight excluding hydrogens is 319 g/mol. The summed E-state index contributed by atoms with van der Waals surface area (Å²) in [6, 6.07) is 0. The molecule has 0 aromatic carbocycles. The van der Waals surface area contributed by atoms with Crippen molar-refractivity contribution in [1.82, 2.24) is 14.5 Å². The normalized spacial score (nSPS) is 16.6. The molecule has 5 nitrogen and oxygen atoms in total. The number of hydrogen-bond acceptors (Lipinski definition) is 3. The summed E-state index contributed by atoms with van der Waals surface area (Å²) in [5.41, 5.74) is 1.22. The molecule has 22 heavy (non-hydrogen) atoms. The van der Waals surface area contributed by atoms with Gasteiger partial charge >= 0.3 is 6.18 Å². The Labute approximate surface area is 127 Å². The maximum Gasteiger partial charge on any atom is 0.408 e. The Kier molecular flexibility index (Phi) is 5.28. The monoisotopic (exact) mass is 337 g/mol. The van der Waals surface area contributed by atoms with Crippen LogP contribution < -0.4 is 4.72 Å². The zero-order valence-electron chi connectivity index (χ0n) is 11.9. The predicted molar refractivity (Wildman–Crippen MR) is 74.6 cm³/mol. The van der Waals surface area contributed by atoms with Crippen molar-refractivity contribution in [3.63, 3.8) is 0 Å². The lowest BCUT2D eigenvalue weighted by Crippen LogP contribution is -2.25. The molecule has 0 bridgehead atoms. The first-order chi connectivity index (χ1) is 10.3. The average molecular weight is 337 g/mol. The highest BCUT2D eigenvalue weighted by Crippen LogP contribution is 2.20. The molecule has 0 saturated carbocycles. The SMILES string of the molecule is O=S(=O)(NCCC1=CCCCC1)c1cnn(CC(F)(F)F)c1. The molecule has 0 saturated heterocycles. The molecule has 0 amide bonds. The summed E-state index contributed by atoms with van der Waals surface area (Å²) in [4.78, 5) is -0.255. The second-order valence-electron chi connectivity index (χ2n) is 5.24. The van der Waals surface area contributed by atoms with Crippen molar-refractivity contribution >= 4 is 10.0 Å². The Morgan fingerprint density at radius 2 is 2.09 bits per heavy atom. The number of aromatic nitrogens is 2. The minimum atomic E-state index is -4.44. The molecule has 0 radical (unpaired) electrons. The van der Waals surface area contributed by atoms with Gasteiger partial charge in [0.15, 0.2) is 0 Å². The van der Waals surface area contributed by atoms with E-state index in [2.05, 4.69) is 15.9 Å². The van der Waals surface area contributed by atoms with Crippen molar-refractivity contribution in [3.8, 4) is 0 Å². The van der Waals surface area contributed by atoms with Gasteiger partial charge < -0.3 is 0 Å². The Balaban J connectivity index is 1.91. The predicted octanol–water partition coefficient (Wildman–Crippen LogP) is 2.61. The second kappa shape index (κ2) is 6.82. The van der Waals surface area contributed by atoms with E-state index < -0.39 is 22.7 Å². The van der Waals surface area contributed by atoms with E-state index in [0.717, 1.165) is 38.1 Å². The lowest BCUT2D eigenvalue weighted by atomic mass is 9.97. The van der Waals surface area contributed by atoms with Crippen LogP contribution in [0.3, 0.4) is 0 Å². The quantitative estimate of drug-likeness (QED) is 0.812. The van der Waals surface area contributed by atoms with E-state index in [1.165, 1.54) is 5.57 Å². The van der Waals surface area contributed by atoms with E-state index in [1.807, 2.05) is 0 Å². The molecule has 0 spiro atoms. The van der Waals surface area contributed by atoms with E-state index in [0.29, 0.717) is 11.1 Å². The molecule has 1 heterocycles. The maximum atomic E-state index is 12.2. The fourth-order valence-electron chi connectivity index (χ4n) is 2.31. The number of halogens is 3. The minimum Gasteiger partial charge on any atom is -0.262 e. The van der Waals surface area contributed by atoms with Crippen LogP contribution in [0.4, 0.5) is 13.2 Å². The first-order valence-corrected chi connectivity index (χ1v) is 8.51.